The number of hydrogen-bond acceptors (Lipinski definition) is 2. The maximum Gasteiger partial charge on any atom is 0.139 e. The van der Waals surface area contributed by atoms with Gasteiger partial charge in [0.25, 0.3) is 0 Å². The fourth-order valence-electron chi connectivity index (χ4n) is 1.28. The molecule has 0 bridgehead atoms. The molecule has 0 spiro atoms. The van der Waals surface area contributed by atoms with Gasteiger partial charge in [0, 0.05) is 11.8 Å². The molecule has 62 valence electrons. The molecule has 11 heavy (non-hydrogen) atoms. The fourth-order valence-corrected chi connectivity index (χ4v) is 1.28. The molecule has 0 saturated heterocycles. The topological polar surface area (TPSA) is 26.3 Å². The molecule has 0 aliphatic heterocycles. The van der Waals surface area contributed by atoms with E-state index >= 15 is 0 Å². The molecular formula is C9H14O2. The molecule has 0 heterocycles. The van der Waals surface area contributed by atoms with Crippen LogP contribution in [0, 0.1) is 11.3 Å². The first-order chi connectivity index (χ1) is 5.09. The number of ether oxygens (including phenoxy) is 1. The minimum Gasteiger partial charge on any atom is -0.505 e. The van der Waals surface area contributed by atoms with E-state index in [1.54, 1.807) is 13.4 Å². The second kappa shape index (κ2) is 2.68. The van der Waals surface area contributed by atoms with E-state index in [0.717, 1.165) is 0 Å². The average molecular weight is 154 g/mol. The molecule has 1 aliphatic carbocycles. The largest absolute Gasteiger partial charge is 0.505 e. The van der Waals surface area contributed by atoms with Crippen molar-refractivity contribution in [3.63, 3.8) is 0 Å². The second-order valence-electron chi connectivity index (χ2n) is 3.52. The van der Waals surface area contributed by atoms with E-state index in [1.807, 2.05) is 19.9 Å². The highest BCUT2D eigenvalue weighted by Gasteiger charge is 2.45. The maximum absolute atomic E-state index is 11.1. The Hall–Kier alpha value is -0.790. The van der Waals surface area contributed by atoms with E-state index in [1.165, 1.54) is 0 Å². The molecule has 0 amide bonds. The summed E-state index contributed by atoms with van der Waals surface area (Å²) in [7, 11) is 1.62. The van der Waals surface area contributed by atoms with Crippen molar-refractivity contribution >= 4 is 5.78 Å². The Bertz CT molecular complexity index is 192. The molecule has 1 unspecified atom stereocenters. The van der Waals surface area contributed by atoms with Crippen molar-refractivity contribution in [2.45, 2.75) is 20.3 Å². The Kier molecular flexibility index (Phi) is 2.03. The number of carbonyl (C=O) groups excluding carboxylic acids is 1. The van der Waals surface area contributed by atoms with Crippen LogP contribution in [-0.4, -0.2) is 12.9 Å². The van der Waals surface area contributed by atoms with Gasteiger partial charge in [-0.2, -0.15) is 0 Å². The molecule has 1 atom stereocenters. The van der Waals surface area contributed by atoms with Gasteiger partial charge >= 0.3 is 0 Å². The molecule has 0 N–H and O–H groups in total. The van der Waals surface area contributed by atoms with Crippen molar-refractivity contribution in [3.05, 3.63) is 12.3 Å². The number of rotatable bonds is 2. The van der Waals surface area contributed by atoms with E-state index in [9.17, 15) is 4.79 Å². The summed E-state index contributed by atoms with van der Waals surface area (Å²) < 4.78 is 4.78. The van der Waals surface area contributed by atoms with Gasteiger partial charge in [-0.25, -0.2) is 0 Å². The van der Waals surface area contributed by atoms with Gasteiger partial charge in [0.2, 0.25) is 0 Å². The number of methoxy groups -OCH3 is 1. The van der Waals surface area contributed by atoms with Gasteiger partial charge in [-0.1, -0.05) is 13.8 Å². The van der Waals surface area contributed by atoms with Crippen molar-refractivity contribution in [1.29, 1.82) is 0 Å². The van der Waals surface area contributed by atoms with Gasteiger partial charge in [-0.15, -0.1) is 0 Å². The van der Waals surface area contributed by atoms with Crippen molar-refractivity contribution in [2.24, 2.45) is 11.3 Å². The van der Waals surface area contributed by atoms with Gasteiger partial charge in [-0.05, 0) is 12.0 Å². The number of allylic oxidation sites excluding steroid dienone is 1. The lowest BCUT2D eigenvalue weighted by Gasteiger charge is -2.40. The Morgan fingerprint density at radius 2 is 2.27 bits per heavy atom. The molecule has 1 aliphatic rings. The SMILES string of the molecule is CO/C=C/C1CC(=O)C1(C)C. The number of ketones is 1. The lowest BCUT2D eigenvalue weighted by Crippen LogP contribution is -2.44. The molecule has 1 rings (SSSR count). The minimum atomic E-state index is -0.158. The molecule has 0 radical (unpaired) electrons. The van der Waals surface area contributed by atoms with Crippen LogP contribution in [0.5, 0.6) is 0 Å². The Morgan fingerprint density at radius 3 is 2.64 bits per heavy atom. The third kappa shape index (κ3) is 1.30. The van der Waals surface area contributed by atoms with E-state index in [2.05, 4.69) is 0 Å². The first-order valence-electron chi connectivity index (χ1n) is 3.82. The zero-order valence-electron chi connectivity index (χ0n) is 7.26. The molecule has 1 fully saturated rings. The Balaban J connectivity index is 2.53. The predicted molar refractivity (Wildman–Crippen MR) is 43.0 cm³/mol. The third-order valence-electron chi connectivity index (χ3n) is 2.50. The second-order valence-corrected chi connectivity index (χ2v) is 3.52. The zero-order valence-corrected chi connectivity index (χ0v) is 7.26. The van der Waals surface area contributed by atoms with Crippen LogP contribution in [0.25, 0.3) is 0 Å². The standard InChI is InChI=1S/C9H14O2/c1-9(2)7(4-5-11-3)6-8(9)10/h4-5,7H,6H2,1-3H3/b5-4+. The fraction of sp³-hybridized carbons (Fsp3) is 0.667. The lowest BCUT2D eigenvalue weighted by atomic mass is 9.61. The average Bonchev–Trinajstić information content (AvgIpc) is 1.97. The monoisotopic (exact) mass is 154 g/mol. The molecule has 0 aromatic carbocycles. The van der Waals surface area contributed by atoms with E-state index in [0.29, 0.717) is 18.1 Å². The summed E-state index contributed by atoms with van der Waals surface area (Å²) in [6, 6.07) is 0. The van der Waals surface area contributed by atoms with Crippen molar-refractivity contribution < 1.29 is 9.53 Å². The molecular weight excluding hydrogens is 140 g/mol. The summed E-state index contributed by atoms with van der Waals surface area (Å²) in [5.74, 6) is 0.721. The van der Waals surface area contributed by atoms with E-state index < -0.39 is 0 Å². The van der Waals surface area contributed by atoms with Gasteiger partial charge in [0.05, 0.1) is 13.4 Å². The highest BCUT2D eigenvalue weighted by atomic mass is 16.5. The molecule has 2 heteroatoms. The van der Waals surface area contributed by atoms with Crippen molar-refractivity contribution in [3.8, 4) is 0 Å². The van der Waals surface area contributed by atoms with Gasteiger partial charge in [0.15, 0.2) is 0 Å². The van der Waals surface area contributed by atoms with Gasteiger partial charge in [0.1, 0.15) is 5.78 Å². The van der Waals surface area contributed by atoms with Crippen LogP contribution in [-0.2, 0) is 9.53 Å². The first-order valence-corrected chi connectivity index (χ1v) is 3.82. The van der Waals surface area contributed by atoms with Crippen LogP contribution >= 0.6 is 0 Å². The van der Waals surface area contributed by atoms with E-state index in [4.69, 9.17) is 4.74 Å². The quantitative estimate of drug-likeness (QED) is 0.566. The normalized spacial score (nSPS) is 28.6. The van der Waals surface area contributed by atoms with Crippen LogP contribution in [0.15, 0.2) is 12.3 Å². The first kappa shape index (κ1) is 8.31. The smallest absolute Gasteiger partial charge is 0.139 e. The summed E-state index contributed by atoms with van der Waals surface area (Å²) in [6.07, 6.45) is 4.28. The summed E-state index contributed by atoms with van der Waals surface area (Å²) in [5.41, 5.74) is -0.158. The van der Waals surface area contributed by atoms with Crippen molar-refractivity contribution in [1.82, 2.24) is 0 Å². The highest BCUT2D eigenvalue weighted by molar-refractivity contribution is 5.91. The summed E-state index contributed by atoms with van der Waals surface area (Å²) in [6.45, 7) is 3.95. The van der Waals surface area contributed by atoms with Crippen LogP contribution in [0.3, 0.4) is 0 Å². The van der Waals surface area contributed by atoms with Gasteiger partial charge < -0.3 is 4.74 Å². The van der Waals surface area contributed by atoms with Crippen molar-refractivity contribution in [2.75, 3.05) is 7.11 Å². The molecule has 2 nitrogen and oxygen atoms in total. The molecule has 0 aromatic heterocycles. The molecule has 0 aromatic rings. The lowest BCUT2D eigenvalue weighted by molar-refractivity contribution is -0.139. The summed E-state index contributed by atoms with van der Waals surface area (Å²) >= 11 is 0. The third-order valence-corrected chi connectivity index (χ3v) is 2.50. The Labute approximate surface area is 67.2 Å². The minimum absolute atomic E-state index is 0.158. The van der Waals surface area contributed by atoms with Crippen LogP contribution < -0.4 is 0 Å². The summed E-state index contributed by atoms with van der Waals surface area (Å²) in [4.78, 5) is 11.1. The van der Waals surface area contributed by atoms with Crippen LogP contribution in [0.1, 0.15) is 20.3 Å². The Morgan fingerprint density at radius 1 is 1.64 bits per heavy atom. The highest BCUT2D eigenvalue weighted by Crippen LogP contribution is 2.43. The van der Waals surface area contributed by atoms with Gasteiger partial charge in [-0.3, -0.25) is 4.79 Å². The number of Topliss-reactive ketones (excluding diaryl/α,β-unsaturated/α-hetero) is 1. The van der Waals surface area contributed by atoms with Crippen LogP contribution in [0.4, 0.5) is 0 Å². The summed E-state index contributed by atoms with van der Waals surface area (Å²) in [5, 5.41) is 0. The number of hydrogen-bond donors (Lipinski definition) is 0. The van der Waals surface area contributed by atoms with Crippen LogP contribution in [0.2, 0.25) is 0 Å². The maximum atomic E-state index is 11.1. The zero-order chi connectivity index (χ0) is 8.48. The van der Waals surface area contributed by atoms with E-state index in [-0.39, 0.29) is 5.41 Å². The number of carbonyl (C=O) groups is 1. The molecule has 1 saturated carbocycles. The predicted octanol–water partition coefficient (Wildman–Crippen LogP) is 1.76.